The largest absolute Gasteiger partial charge is 0.462 e. The van der Waals surface area contributed by atoms with Crippen LogP contribution >= 0.6 is 11.6 Å². The highest BCUT2D eigenvalue weighted by molar-refractivity contribution is 6.25. The van der Waals surface area contributed by atoms with Gasteiger partial charge in [0.15, 0.2) is 5.69 Å². The van der Waals surface area contributed by atoms with Crippen molar-refractivity contribution in [3.8, 4) is 0 Å². The first-order valence-corrected chi connectivity index (χ1v) is 15.4. The van der Waals surface area contributed by atoms with Gasteiger partial charge in [-0.15, -0.1) is 0 Å². The molecule has 1 aliphatic carbocycles. The monoisotopic (exact) mass is 641 g/mol. The summed E-state index contributed by atoms with van der Waals surface area (Å²) in [5.74, 6) is -1.05. The van der Waals surface area contributed by atoms with Crippen molar-refractivity contribution < 1.29 is 31.5 Å². The number of hydrogen-bond acceptors (Lipinski definition) is 6. The summed E-state index contributed by atoms with van der Waals surface area (Å²) in [5, 5.41) is 4.05. The van der Waals surface area contributed by atoms with Crippen LogP contribution in [-0.2, 0) is 10.9 Å². The summed E-state index contributed by atoms with van der Waals surface area (Å²) in [6.45, 7) is 5.14. The van der Waals surface area contributed by atoms with Crippen LogP contribution in [0.5, 0.6) is 0 Å². The number of hydrogen-bond donors (Lipinski definition) is 0. The van der Waals surface area contributed by atoms with Crippen LogP contribution in [0, 0.1) is 0 Å². The normalized spacial score (nSPS) is 23.9. The fraction of sp³-hybridized carbons (Fsp3) is 0.548. The number of esters is 1. The lowest BCUT2D eigenvalue weighted by Gasteiger charge is -2.47. The number of rotatable bonds is 9. The number of carbonyl (C=O) groups excluding carboxylic acids is 1. The number of allylic oxidation sites excluding steroid dienone is 2. The summed E-state index contributed by atoms with van der Waals surface area (Å²) in [7, 11) is 0. The average Bonchev–Trinajstić information content (AvgIpc) is 3.48. The molecule has 3 aliphatic rings. The van der Waals surface area contributed by atoms with E-state index in [-0.39, 0.29) is 19.6 Å². The number of carbonyl (C=O) groups is 1. The van der Waals surface area contributed by atoms with E-state index in [1.165, 1.54) is 6.92 Å². The quantitative estimate of drug-likeness (QED) is 0.139. The van der Waals surface area contributed by atoms with Gasteiger partial charge in [0.1, 0.15) is 10.6 Å². The van der Waals surface area contributed by atoms with Crippen molar-refractivity contribution in [2.75, 3.05) is 52.4 Å². The van der Waals surface area contributed by atoms with E-state index < -0.39 is 40.9 Å². The van der Waals surface area contributed by atoms with Crippen molar-refractivity contribution in [3.63, 3.8) is 0 Å². The molecule has 0 saturated carbocycles. The molecule has 3 heterocycles. The molecule has 2 fully saturated rings. The van der Waals surface area contributed by atoms with E-state index >= 15 is 0 Å². The molecular formula is C31H37ClF5N5O2. The predicted molar refractivity (Wildman–Crippen MR) is 157 cm³/mol. The number of ether oxygens (including phenoxy) is 1. The molecule has 0 N–H and O–H groups in total. The fourth-order valence-corrected chi connectivity index (χ4v) is 6.74. The predicted octanol–water partition coefficient (Wildman–Crippen LogP) is 6.29. The van der Waals surface area contributed by atoms with E-state index in [0.29, 0.717) is 58.5 Å². The Morgan fingerprint density at radius 1 is 1.14 bits per heavy atom. The van der Waals surface area contributed by atoms with Gasteiger partial charge in [-0.25, -0.2) is 13.6 Å². The lowest BCUT2D eigenvalue weighted by Crippen LogP contribution is -2.55. The molecule has 7 nitrogen and oxygen atoms in total. The molecule has 1 aromatic heterocycles. The van der Waals surface area contributed by atoms with Crippen LogP contribution in [0.3, 0.4) is 0 Å². The Morgan fingerprint density at radius 3 is 2.52 bits per heavy atom. The van der Waals surface area contributed by atoms with Gasteiger partial charge in [0, 0.05) is 69.9 Å². The molecule has 44 heavy (non-hydrogen) atoms. The molecule has 2 saturated heterocycles. The van der Waals surface area contributed by atoms with Gasteiger partial charge < -0.3 is 14.5 Å². The van der Waals surface area contributed by atoms with E-state index in [1.54, 1.807) is 0 Å². The number of nitrogens with zero attached hydrogens (tertiary/aromatic N) is 5. The Balaban J connectivity index is 1.42. The van der Waals surface area contributed by atoms with Gasteiger partial charge in [0.05, 0.1) is 18.8 Å². The zero-order valence-corrected chi connectivity index (χ0v) is 25.3. The van der Waals surface area contributed by atoms with Crippen LogP contribution in [0.25, 0.3) is 5.57 Å². The molecule has 2 aliphatic heterocycles. The second kappa shape index (κ2) is 13.6. The van der Waals surface area contributed by atoms with Crippen molar-refractivity contribution in [3.05, 3.63) is 71.2 Å². The molecule has 0 spiro atoms. The molecule has 0 bridgehead atoms. The molecule has 2 atom stereocenters. The third kappa shape index (κ3) is 7.13. The first-order valence-electron chi connectivity index (χ1n) is 15.0. The molecular weight excluding hydrogens is 605 g/mol. The minimum atomic E-state index is -4.80. The first-order chi connectivity index (χ1) is 21.0. The minimum absolute atomic E-state index is 0.0482. The van der Waals surface area contributed by atoms with Gasteiger partial charge in [0.25, 0.3) is 0 Å². The van der Waals surface area contributed by atoms with E-state index in [2.05, 4.69) is 14.9 Å². The summed E-state index contributed by atoms with van der Waals surface area (Å²) in [6.07, 6.45) is -0.907. The van der Waals surface area contributed by atoms with Crippen molar-refractivity contribution >= 4 is 23.1 Å². The number of benzene rings is 1. The van der Waals surface area contributed by atoms with Crippen molar-refractivity contribution in [1.29, 1.82) is 0 Å². The maximum atomic E-state index is 14.3. The highest BCUT2D eigenvalue weighted by atomic mass is 35.5. The van der Waals surface area contributed by atoms with Gasteiger partial charge in [0.2, 0.25) is 6.43 Å². The standard InChI is InChI=1S/C31H37ClF5N5O2/c1-2-44-29(43)25-20-38-42(28(25)31(35,36)37)23-9-6-13-40(21-23)26-19-30(32,12-10-24(26)22-7-4-3-5-8-22)41-17-15-39(16-18-41)14-11-27(33)34/h3-5,7-8,10,12,20,23,27H,2,6,9,11,13-19,21H2,1H3. The smallest absolute Gasteiger partial charge is 0.433 e. The molecule has 0 radical (unpaired) electrons. The van der Waals surface area contributed by atoms with Crippen LogP contribution in [0.4, 0.5) is 22.0 Å². The van der Waals surface area contributed by atoms with Gasteiger partial charge in [-0.1, -0.05) is 48.0 Å². The van der Waals surface area contributed by atoms with Crippen molar-refractivity contribution in [1.82, 2.24) is 24.5 Å². The van der Waals surface area contributed by atoms with Gasteiger partial charge in [-0.3, -0.25) is 9.58 Å². The number of halogens is 6. The van der Waals surface area contributed by atoms with E-state index in [0.717, 1.165) is 27.7 Å². The maximum absolute atomic E-state index is 14.3. The number of aromatic nitrogens is 2. The SMILES string of the molecule is CCOC(=O)c1cnn(C2CCCN(C3=C(c4ccccc4)C=CC(Cl)(N4CCN(CCC(F)F)CC4)C3)C2)c1C(F)(F)F. The Kier molecular flexibility index (Phi) is 10.0. The number of likely N-dealkylation sites (tertiary alicyclic amines) is 1. The molecule has 1 aromatic carbocycles. The van der Waals surface area contributed by atoms with E-state index in [1.807, 2.05) is 47.4 Å². The second-order valence-corrected chi connectivity index (χ2v) is 12.0. The summed E-state index contributed by atoms with van der Waals surface area (Å²) in [5.41, 5.74) is 1.15. The highest BCUT2D eigenvalue weighted by Crippen LogP contribution is 2.43. The minimum Gasteiger partial charge on any atom is -0.462 e. The second-order valence-electron chi connectivity index (χ2n) is 11.4. The molecule has 2 unspecified atom stereocenters. The third-order valence-electron chi connectivity index (χ3n) is 8.56. The van der Waals surface area contributed by atoms with Gasteiger partial charge in [-0.2, -0.15) is 18.3 Å². The fourth-order valence-electron chi connectivity index (χ4n) is 6.38. The van der Waals surface area contributed by atoms with Gasteiger partial charge in [-0.05, 0) is 31.4 Å². The maximum Gasteiger partial charge on any atom is 0.433 e. The lowest BCUT2D eigenvalue weighted by molar-refractivity contribution is -0.146. The zero-order chi connectivity index (χ0) is 31.5. The molecule has 0 amide bonds. The zero-order valence-electron chi connectivity index (χ0n) is 24.6. The first kappa shape index (κ1) is 32.4. The summed E-state index contributed by atoms with van der Waals surface area (Å²) in [4.78, 5) is 17.8. The van der Waals surface area contributed by atoms with Crippen LogP contribution in [0.15, 0.2) is 54.4 Å². The third-order valence-corrected chi connectivity index (χ3v) is 9.06. The number of alkyl halides is 6. The Labute approximate surface area is 258 Å². The van der Waals surface area contributed by atoms with Crippen LogP contribution in [0.1, 0.15) is 60.3 Å². The van der Waals surface area contributed by atoms with Crippen molar-refractivity contribution in [2.45, 2.75) is 56.2 Å². The van der Waals surface area contributed by atoms with E-state index in [4.69, 9.17) is 16.3 Å². The van der Waals surface area contributed by atoms with Crippen LogP contribution in [-0.4, -0.2) is 94.3 Å². The van der Waals surface area contributed by atoms with E-state index in [9.17, 15) is 26.7 Å². The average molecular weight is 642 g/mol. The summed E-state index contributed by atoms with van der Waals surface area (Å²) >= 11 is 7.32. The Morgan fingerprint density at radius 2 is 1.86 bits per heavy atom. The topological polar surface area (TPSA) is 53.8 Å². The van der Waals surface area contributed by atoms with Crippen LogP contribution in [0.2, 0.25) is 0 Å². The Hall–Kier alpha value is -2.96. The summed E-state index contributed by atoms with van der Waals surface area (Å²) < 4.78 is 74.2. The van der Waals surface area contributed by atoms with Crippen molar-refractivity contribution in [2.24, 2.45) is 0 Å². The van der Waals surface area contributed by atoms with Gasteiger partial charge >= 0.3 is 12.1 Å². The number of piperidine rings is 1. The molecule has 5 rings (SSSR count). The molecule has 2 aromatic rings. The lowest BCUT2D eigenvalue weighted by atomic mass is 9.90. The summed E-state index contributed by atoms with van der Waals surface area (Å²) in [6, 6.07) is 9.14. The number of piperazine rings is 1. The van der Waals surface area contributed by atoms with Crippen LogP contribution < -0.4 is 0 Å². The molecule has 240 valence electrons. The Bertz CT molecular complexity index is 1360. The highest BCUT2D eigenvalue weighted by Gasteiger charge is 2.44. The molecule has 13 heteroatoms.